The van der Waals surface area contributed by atoms with Crippen LogP contribution in [0.25, 0.3) is 0 Å². The van der Waals surface area contributed by atoms with Crippen LogP contribution in [-0.2, 0) is 6.54 Å². The molecule has 6 nitrogen and oxygen atoms in total. The molecule has 0 unspecified atom stereocenters. The van der Waals surface area contributed by atoms with Gasteiger partial charge in [0.25, 0.3) is 5.69 Å². The van der Waals surface area contributed by atoms with Crippen molar-refractivity contribution >= 4 is 28.6 Å². The number of rotatable bonds is 5. The molecular formula is C13H13N3O3S. The first-order chi connectivity index (χ1) is 9.49. The number of hydrogen-bond donors (Lipinski definition) is 2. The van der Waals surface area contributed by atoms with E-state index in [-0.39, 0.29) is 11.3 Å². The van der Waals surface area contributed by atoms with Crippen LogP contribution < -0.4 is 11.1 Å². The smallest absolute Gasteiger partial charge is 0.293 e. The predicted octanol–water partition coefficient (Wildman–Crippen LogP) is 2.68. The summed E-state index contributed by atoms with van der Waals surface area (Å²) in [5.74, 6) is -0.687. The number of nitro groups is 1. The fraction of sp³-hybridized carbons (Fsp3) is 0.154. The lowest BCUT2D eigenvalue weighted by Crippen LogP contribution is -2.12. The number of nitrogens with zero attached hydrogens (tertiary/aromatic N) is 1. The lowest BCUT2D eigenvalue weighted by molar-refractivity contribution is -0.384. The van der Waals surface area contributed by atoms with Crippen LogP contribution in [-0.4, -0.2) is 10.8 Å². The molecule has 7 heteroatoms. The molecule has 1 aromatic carbocycles. The number of nitrogens with one attached hydrogen (secondary N) is 1. The lowest BCUT2D eigenvalue weighted by Gasteiger charge is -2.07. The summed E-state index contributed by atoms with van der Waals surface area (Å²) in [7, 11) is 0. The topological polar surface area (TPSA) is 98.3 Å². The molecule has 0 aliphatic heterocycles. The number of aryl methyl sites for hydroxylation is 1. The fourth-order valence-corrected chi connectivity index (χ4v) is 2.60. The minimum atomic E-state index is -0.687. The molecular weight excluding hydrogens is 278 g/mol. The van der Waals surface area contributed by atoms with Gasteiger partial charge < -0.3 is 11.1 Å². The van der Waals surface area contributed by atoms with Crippen LogP contribution in [0.1, 0.15) is 21.5 Å². The van der Waals surface area contributed by atoms with E-state index in [1.54, 1.807) is 11.3 Å². The van der Waals surface area contributed by atoms with Crippen LogP contribution in [0, 0.1) is 17.0 Å². The van der Waals surface area contributed by atoms with Crippen molar-refractivity contribution in [3.63, 3.8) is 0 Å². The Kier molecular flexibility index (Phi) is 3.99. The van der Waals surface area contributed by atoms with Gasteiger partial charge >= 0.3 is 0 Å². The van der Waals surface area contributed by atoms with Gasteiger partial charge in [-0.2, -0.15) is 11.3 Å². The molecule has 3 N–H and O–H groups in total. The Morgan fingerprint density at radius 1 is 1.45 bits per heavy atom. The average molecular weight is 291 g/mol. The molecule has 0 saturated carbocycles. The molecule has 2 aromatic rings. The van der Waals surface area contributed by atoms with E-state index in [0.29, 0.717) is 12.2 Å². The van der Waals surface area contributed by atoms with Gasteiger partial charge in [-0.3, -0.25) is 14.9 Å². The molecule has 0 aliphatic carbocycles. The van der Waals surface area contributed by atoms with Crippen LogP contribution in [0.4, 0.5) is 11.4 Å². The van der Waals surface area contributed by atoms with Gasteiger partial charge in [0.15, 0.2) is 0 Å². The Bertz CT molecular complexity index is 667. The van der Waals surface area contributed by atoms with E-state index in [1.165, 1.54) is 18.2 Å². The third-order valence-electron chi connectivity index (χ3n) is 2.91. The van der Waals surface area contributed by atoms with Crippen molar-refractivity contribution in [3.8, 4) is 0 Å². The number of hydrogen-bond acceptors (Lipinski definition) is 5. The average Bonchev–Trinajstić information content (AvgIpc) is 2.81. The van der Waals surface area contributed by atoms with Gasteiger partial charge in [0, 0.05) is 18.2 Å². The molecule has 20 heavy (non-hydrogen) atoms. The third-order valence-corrected chi connectivity index (χ3v) is 3.82. The Morgan fingerprint density at radius 2 is 2.20 bits per heavy atom. The number of carbonyl (C=O) groups excluding carboxylic acids is 1. The van der Waals surface area contributed by atoms with E-state index in [1.807, 2.05) is 17.7 Å². The largest absolute Gasteiger partial charge is 0.375 e. The van der Waals surface area contributed by atoms with Crippen molar-refractivity contribution in [2.24, 2.45) is 5.73 Å². The normalized spacial score (nSPS) is 10.2. The quantitative estimate of drug-likeness (QED) is 0.653. The highest BCUT2D eigenvalue weighted by Gasteiger charge is 2.16. The minimum Gasteiger partial charge on any atom is -0.375 e. The van der Waals surface area contributed by atoms with E-state index in [4.69, 9.17) is 5.73 Å². The zero-order valence-corrected chi connectivity index (χ0v) is 11.6. The second-order valence-electron chi connectivity index (χ2n) is 4.29. The maximum atomic E-state index is 11.1. The number of carbonyl (C=O) groups is 1. The fourth-order valence-electron chi connectivity index (χ4n) is 1.74. The first-order valence-electron chi connectivity index (χ1n) is 5.83. The van der Waals surface area contributed by atoms with E-state index in [9.17, 15) is 14.9 Å². The SMILES string of the molecule is Cc1cscc1CNc1ccc(C(N)=O)cc1[N+](=O)[O-]. The summed E-state index contributed by atoms with van der Waals surface area (Å²) in [4.78, 5) is 21.6. The van der Waals surface area contributed by atoms with Crippen LogP contribution in [0.5, 0.6) is 0 Å². The lowest BCUT2D eigenvalue weighted by atomic mass is 10.1. The number of primary amides is 1. The first-order valence-corrected chi connectivity index (χ1v) is 6.77. The highest BCUT2D eigenvalue weighted by molar-refractivity contribution is 7.08. The number of anilines is 1. The van der Waals surface area contributed by atoms with Crippen molar-refractivity contribution in [3.05, 3.63) is 55.8 Å². The Balaban J connectivity index is 2.25. The molecule has 0 saturated heterocycles. The Labute approximate surface area is 119 Å². The number of amides is 1. The van der Waals surface area contributed by atoms with Crippen LogP contribution in [0.3, 0.4) is 0 Å². The predicted molar refractivity (Wildman–Crippen MR) is 78.0 cm³/mol. The molecule has 0 spiro atoms. The van der Waals surface area contributed by atoms with Crippen molar-refractivity contribution in [2.45, 2.75) is 13.5 Å². The van der Waals surface area contributed by atoms with E-state index >= 15 is 0 Å². The first kappa shape index (κ1) is 14.0. The van der Waals surface area contributed by atoms with Gasteiger partial charge in [-0.1, -0.05) is 0 Å². The highest BCUT2D eigenvalue weighted by Crippen LogP contribution is 2.26. The summed E-state index contributed by atoms with van der Waals surface area (Å²) in [5.41, 5.74) is 7.68. The zero-order chi connectivity index (χ0) is 14.7. The monoisotopic (exact) mass is 291 g/mol. The van der Waals surface area contributed by atoms with Crippen LogP contribution >= 0.6 is 11.3 Å². The highest BCUT2D eigenvalue weighted by atomic mass is 32.1. The molecule has 0 atom stereocenters. The van der Waals surface area contributed by atoms with Crippen molar-refractivity contribution in [1.29, 1.82) is 0 Å². The molecule has 0 bridgehead atoms. The molecule has 0 aliphatic rings. The van der Waals surface area contributed by atoms with Crippen molar-refractivity contribution < 1.29 is 9.72 Å². The standard InChI is InChI=1S/C13H13N3O3S/c1-8-6-20-7-10(8)5-15-11-3-2-9(13(14)17)4-12(11)16(18)19/h2-4,6-7,15H,5H2,1H3,(H2,14,17). The Hall–Kier alpha value is -2.41. The van der Waals surface area contributed by atoms with E-state index < -0.39 is 10.8 Å². The summed E-state index contributed by atoms with van der Waals surface area (Å²) in [6, 6.07) is 4.16. The Morgan fingerprint density at radius 3 is 2.75 bits per heavy atom. The summed E-state index contributed by atoms with van der Waals surface area (Å²) < 4.78 is 0. The maximum absolute atomic E-state index is 11.1. The van der Waals surface area contributed by atoms with E-state index in [0.717, 1.165) is 11.1 Å². The zero-order valence-electron chi connectivity index (χ0n) is 10.8. The summed E-state index contributed by atoms with van der Waals surface area (Å²) in [6.45, 7) is 2.48. The summed E-state index contributed by atoms with van der Waals surface area (Å²) in [6.07, 6.45) is 0. The van der Waals surface area contributed by atoms with Crippen molar-refractivity contribution in [2.75, 3.05) is 5.32 Å². The van der Waals surface area contributed by atoms with Crippen LogP contribution in [0.15, 0.2) is 29.0 Å². The molecule has 1 aromatic heterocycles. The van der Waals surface area contributed by atoms with Gasteiger partial charge in [-0.25, -0.2) is 0 Å². The molecule has 1 amide bonds. The number of nitrogens with two attached hydrogens (primary N) is 1. The van der Waals surface area contributed by atoms with Crippen LogP contribution in [0.2, 0.25) is 0 Å². The number of thiophene rings is 1. The van der Waals surface area contributed by atoms with Gasteiger partial charge in [-0.15, -0.1) is 0 Å². The number of nitro benzene ring substituents is 1. The molecule has 0 radical (unpaired) electrons. The molecule has 1 heterocycles. The maximum Gasteiger partial charge on any atom is 0.293 e. The molecule has 0 fully saturated rings. The van der Waals surface area contributed by atoms with Gasteiger partial charge in [-0.05, 0) is 40.9 Å². The van der Waals surface area contributed by atoms with Gasteiger partial charge in [0.1, 0.15) is 5.69 Å². The molecule has 2 rings (SSSR count). The van der Waals surface area contributed by atoms with Gasteiger partial charge in [0.05, 0.1) is 4.92 Å². The van der Waals surface area contributed by atoms with E-state index in [2.05, 4.69) is 5.32 Å². The third kappa shape index (κ3) is 2.94. The van der Waals surface area contributed by atoms with Gasteiger partial charge in [0.2, 0.25) is 5.91 Å². The number of benzene rings is 1. The second kappa shape index (κ2) is 5.70. The summed E-state index contributed by atoms with van der Waals surface area (Å²) in [5, 5.41) is 18.1. The minimum absolute atomic E-state index is 0.119. The second-order valence-corrected chi connectivity index (χ2v) is 5.03. The molecule has 104 valence electrons. The summed E-state index contributed by atoms with van der Waals surface area (Å²) >= 11 is 1.58. The van der Waals surface area contributed by atoms with Crippen molar-refractivity contribution in [1.82, 2.24) is 0 Å².